The van der Waals surface area contributed by atoms with Gasteiger partial charge in [-0.2, -0.15) is 0 Å². The zero-order valence-electron chi connectivity index (χ0n) is 16.2. The fourth-order valence-electron chi connectivity index (χ4n) is 3.66. The number of hydrogen-bond donors (Lipinski definition) is 0. The lowest BCUT2D eigenvalue weighted by atomic mass is 9.87. The number of ether oxygens (including phenoxy) is 1. The molecular formula is C21H23N5O2. The van der Waals surface area contributed by atoms with E-state index in [2.05, 4.69) is 21.6 Å². The van der Waals surface area contributed by atoms with Gasteiger partial charge in [-0.1, -0.05) is 42.0 Å². The maximum Gasteiger partial charge on any atom is 0.251 e. The molecule has 4 rings (SSSR count). The summed E-state index contributed by atoms with van der Waals surface area (Å²) in [4.78, 5) is 14.8. The summed E-state index contributed by atoms with van der Waals surface area (Å²) in [6.07, 6.45) is 1.60. The lowest BCUT2D eigenvalue weighted by molar-refractivity contribution is -0.157. The minimum Gasteiger partial charge on any atom is -0.491 e. The van der Waals surface area contributed by atoms with E-state index in [1.165, 1.54) is 6.33 Å². The van der Waals surface area contributed by atoms with Crippen LogP contribution in [0.2, 0.25) is 0 Å². The van der Waals surface area contributed by atoms with Crippen molar-refractivity contribution < 1.29 is 9.53 Å². The maximum absolute atomic E-state index is 13.0. The number of aromatic nitrogens is 4. The highest BCUT2D eigenvalue weighted by atomic mass is 16.5. The molecule has 1 saturated heterocycles. The molecule has 1 aromatic heterocycles. The third-order valence-electron chi connectivity index (χ3n) is 4.83. The zero-order chi connectivity index (χ0) is 19.7. The Bertz CT molecular complexity index is 970. The third-order valence-corrected chi connectivity index (χ3v) is 4.83. The Labute approximate surface area is 163 Å². The Morgan fingerprint density at radius 1 is 1.11 bits per heavy atom. The highest BCUT2D eigenvalue weighted by Gasteiger charge is 2.50. The van der Waals surface area contributed by atoms with E-state index in [0.717, 1.165) is 22.4 Å². The van der Waals surface area contributed by atoms with Crippen LogP contribution >= 0.6 is 0 Å². The molecule has 2 atom stereocenters. The summed E-state index contributed by atoms with van der Waals surface area (Å²) in [6.45, 7) is 6.55. The van der Waals surface area contributed by atoms with E-state index in [4.69, 9.17) is 4.74 Å². The molecule has 0 unspecified atom stereocenters. The molecule has 1 amide bonds. The number of carbonyl (C=O) groups is 1. The molecule has 0 radical (unpaired) electrons. The van der Waals surface area contributed by atoms with E-state index in [1.807, 2.05) is 68.1 Å². The second kappa shape index (κ2) is 7.42. The summed E-state index contributed by atoms with van der Waals surface area (Å²) < 4.78 is 7.33. The molecule has 1 aliphatic heterocycles. The molecule has 2 heterocycles. The van der Waals surface area contributed by atoms with Crippen LogP contribution in [0.5, 0.6) is 5.75 Å². The highest BCUT2D eigenvalue weighted by molar-refractivity contribution is 5.88. The topological polar surface area (TPSA) is 73.1 Å². The molecule has 144 valence electrons. The summed E-state index contributed by atoms with van der Waals surface area (Å²) in [7, 11) is 0. The van der Waals surface area contributed by atoms with Crippen LogP contribution in [-0.4, -0.2) is 37.1 Å². The first-order chi connectivity index (χ1) is 13.5. The standard InChI is InChI=1S/C21H23N5O2/c1-14(2)28-18-9-5-7-16(11-18)12-25-19(17-8-4-6-15(3)10-17)20(21(25)27)26-13-22-23-24-26/h4-11,13-14,19-20H,12H2,1-3H3/t19-,20+/m0/s1. The van der Waals surface area contributed by atoms with Gasteiger partial charge in [0, 0.05) is 6.54 Å². The predicted molar refractivity (Wildman–Crippen MR) is 104 cm³/mol. The van der Waals surface area contributed by atoms with Gasteiger partial charge in [-0.3, -0.25) is 4.79 Å². The number of aryl methyl sites for hydroxylation is 1. The Morgan fingerprint density at radius 3 is 2.64 bits per heavy atom. The largest absolute Gasteiger partial charge is 0.491 e. The molecule has 0 saturated carbocycles. The van der Waals surface area contributed by atoms with E-state index in [-0.39, 0.29) is 18.1 Å². The van der Waals surface area contributed by atoms with Crippen molar-refractivity contribution in [3.05, 3.63) is 71.5 Å². The number of nitrogens with zero attached hydrogens (tertiary/aromatic N) is 5. The molecule has 1 aliphatic rings. The van der Waals surface area contributed by atoms with Crippen LogP contribution in [0.25, 0.3) is 0 Å². The second-order valence-corrected chi connectivity index (χ2v) is 7.37. The molecule has 7 heteroatoms. The van der Waals surface area contributed by atoms with E-state index in [0.29, 0.717) is 6.54 Å². The molecule has 3 aromatic rings. The molecule has 0 spiro atoms. The van der Waals surface area contributed by atoms with Crippen LogP contribution < -0.4 is 4.74 Å². The Kier molecular flexibility index (Phi) is 4.81. The van der Waals surface area contributed by atoms with E-state index < -0.39 is 6.04 Å². The fourth-order valence-corrected chi connectivity index (χ4v) is 3.66. The summed E-state index contributed by atoms with van der Waals surface area (Å²) in [6, 6.07) is 15.6. The monoisotopic (exact) mass is 377 g/mol. The zero-order valence-corrected chi connectivity index (χ0v) is 16.2. The fraction of sp³-hybridized carbons (Fsp3) is 0.333. The number of rotatable bonds is 6. The normalized spacial score (nSPS) is 19.0. The highest BCUT2D eigenvalue weighted by Crippen LogP contribution is 2.44. The molecule has 0 bridgehead atoms. The van der Waals surface area contributed by atoms with Gasteiger partial charge in [0.1, 0.15) is 12.1 Å². The first-order valence-electron chi connectivity index (χ1n) is 9.38. The van der Waals surface area contributed by atoms with Crippen molar-refractivity contribution in [1.29, 1.82) is 0 Å². The molecule has 28 heavy (non-hydrogen) atoms. The number of amides is 1. The van der Waals surface area contributed by atoms with Gasteiger partial charge in [0.2, 0.25) is 0 Å². The van der Waals surface area contributed by atoms with Crippen LogP contribution in [0.15, 0.2) is 54.9 Å². The molecule has 0 N–H and O–H groups in total. The van der Waals surface area contributed by atoms with Crippen molar-refractivity contribution in [2.24, 2.45) is 0 Å². The summed E-state index contributed by atoms with van der Waals surface area (Å²) in [5.41, 5.74) is 3.26. The third kappa shape index (κ3) is 3.47. The van der Waals surface area contributed by atoms with Crippen molar-refractivity contribution in [3.8, 4) is 5.75 Å². The van der Waals surface area contributed by atoms with Crippen molar-refractivity contribution in [2.75, 3.05) is 0 Å². The van der Waals surface area contributed by atoms with Crippen molar-refractivity contribution >= 4 is 5.91 Å². The predicted octanol–water partition coefficient (Wildman–Crippen LogP) is 3.09. The van der Waals surface area contributed by atoms with Crippen molar-refractivity contribution in [1.82, 2.24) is 25.1 Å². The Balaban J connectivity index is 1.63. The minimum absolute atomic E-state index is 0.00832. The van der Waals surface area contributed by atoms with Gasteiger partial charge < -0.3 is 9.64 Å². The van der Waals surface area contributed by atoms with Crippen LogP contribution in [0.3, 0.4) is 0 Å². The van der Waals surface area contributed by atoms with Crippen molar-refractivity contribution in [2.45, 2.75) is 45.5 Å². The van der Waals surface area contributed by atoms with Crippen LogP contribution in [0.4, 0.5) is 0 Å². The maximum atomic E-state index is 13.0. The Morgan fingerprint density at radius 2 is 1.93 bits per heavy atom. The van der Waals surface area contributed by atoms with Gasteiger partial charge in [0.25, 0.3) is 5.91 Å². The number of hydrogen-bond acceptors (Lipinski definition) is 5. The number of tetrazole rings is 1. The molecule has 7 nitrogen and oxygen atoms in total. The Hall–Kier alpha value is -3.22. The summed E-state index contributed by atoms with van der Waals surface area (Å²) in [5.74, 6) is 0.818. The summed E-state index contributed by atoms with van der Waals surface area (Å²) >= 11 is 0. The smallest absolute Gasteiger partial charge is 0.251 e. The van der Waals surface area contributed by atoms with Gasteiger partial charge in [-0.25, -0.2) is 4.68 Å². The van der Waals surface area contributed by atoms with Crippen LogP contribution in [-0.2, 0) is 11.3 Å². The molecular weight excluding hydrogens is 354 g/mol. The van der Waals surface area contributed by atoms with Gasteiger partial charge in [0.15, 0.2) is 6.04 Å². The number of likely N-dealkylation sites (tertiary alicyclic amines) is 1. The van der Waals surface area contributed by atoms with Crippen molar-refractivity contribution in [3.63, 3.8) is 0 Å². The summed E-state index contributed by atoms with van der Waals surface area (Å²) in [5, 5.41) is 11.4. The van der Waals surface area contributed by atoms with Gasteiger partial charge in [-0.15, -0.1) is 5.10 Å². The SMILES string of the molecule is Cc1cccc([C@H]2[C@@H](n3cnnn3)C(=O)N2Cc2cccc(OC(C)C)c2)c1. The number of carbonyl (C=O) groups excluding carboxylic acids is 1. The lowest BCUT2D eigenvalue weighted by Gasteiger charge is -2.47. The van der Waals surface area contributed by atoms with Gasteiger partial charge in [0.05, 0.1) is 12.1 Å². The van der Waals surface area contributed by atoms with Gasteiger partial charge in [-0.05, 0) is 54.5 Å². The van der Waals surface area contributed by atoms with E-state index in [9.17, 15) is 4.79 Å². The first-order valence-corrected chi connectivity index (χ1v) is 9.38. The number of β-lactam (4-membered cyclic amide) rings is 1. The average molecular weight is 377 g/mol. The average Bonchev–Trinajstić information content (AvgIpc) is 3.17. The quantitative estimate of drug-likeness (QED) is 0.617. The second-order valence-electron chi connectivity index (χ2n) is 7.37. The molecule has 1 fully saturated rings. The van der Waals surface area contributed by atoms with E-state index in [1.54, 1.807) is 4.68 Å². The number of benzene rings is 2. The van der Waals surface area contributed by atoms with Gasteiger partial charge >= 0.3 is 0 Å². The lowest BCUT2D eigenvalue weighted by Crippen LogP contribution is -2.55. The molecule has 0 aliphatic carbocycles. The van der Waals surface area contributed by atoms with Crippen LogP contribution in [0.1, 0.15) is 42.6 Å². The molecule has 2 aromatic carbocycles. The first kappa shape index (κ1) is 18.2. The minimum atomic E-state index is -0.424. The van der Waals surface area contributed by atoms with E-state index >= 15 is 0 Å². The van der Waals surface area contributed by atoms with Crippen LogP contribution in [0, 0.1) is 6.92 Å².